The maximum atomic E-state index is 13.3. The second-order valence-corrected chi connectivity index (χ2v) is 18.2. The normalized spacial score (nSPS) is 14.8. The van der Waals surface area contributed by atoms with E-state index in [0.29, 0.717) is 0 Å². The highest BCUT2D eigenvalue weighted by molar-refractivity contribution is 6.99. The van der Waals surface area contributed by atoms with Crippen LogP contribution in [0.4, 0.5) is 0 Å². The smallest absolute Gasteiger partial charge is 0.347 e. The Hall–Kier alpha value is -5.34. The van der Waals surface area contributed by atoms with Crippen LogP contribution in [-0.4, -0.2) is 80.8 Å². The zero-order valence-corrected chi connectivity index (χ0v) is 33.6. The summed E-state index contributed by atoms with van der Waals surface area (Å²) in [5.41, 5.74) is 0.741. The van der Waals surface area contributed by atoms with Crippen molar-refractivity contribution in [3.63, 3.8) is 0 Å². The van der Waals surface area contributed by atoms with Gasteiger partial charge in [0.25, 0.3) is 8.32 Å². The Kier molecular flexibility index (Phi) is 15.9. The molecule has 3 aromatic carbocycles. The van der Waals surface area contributed by atoms with Crippen LogP contribution < -0.4 is 10.4 Å². The van der Waals surface area contributed by atoms with Crippen molar-refractivity contribution in [1.29, 1.82) is 0 Å². The third-order valence-electron chi connectivity index (χ3n) is 8.45. The van der Waals surface area contributed by atoms with E-state index < -0.39 is 85.8 Å². The summed E-state index contributed by atoms with van der Waals surface area (Å²) in [7, 11) is -3.12. The Morgan fingerprint density at radius 3 is 1.07 bits per heavy atom. The van der Waals surface area contributed by atoms with Crippen LogP contribution in [0.25, 0.3) is 0 Å². The average molecular weight is 779 g/mol. The monoisotopic (exact) mass is 778 g/mol. The summed E-state index contributed by atoms with van der Waals surface area (Å²) in [6.45, 7) is 13.9. The van der Waals surface area contributed by atoms with E-state index in [1.807, 2.05) is 66.7 Å². The Bertz CT molecular complexity index is 1720. The van der Waals surface area contributed by atoms with E-state index in [4.69, 9.17) is 32.8 Å². The quantitative estimate of drug-likeness (QED) is 0.108. The zero-order valence-electron chi connectivity index (χ0n) is 32.6. The van der Waals surface area contributed by atoms with Gasteiger partial charge in [-0.3, -0.25) is 0 Å². The predicted octanol–water partition coefficient (Wildman–Crippen LogP) is 4.35. The van der Waals surface area contributed by atoms with E-state index in [2.05, 4.69) is 20.8 Å². The van der Waals surface area contributed by atoms with Gasteiger partial charge in [-0.1, -0.05) is 112 Å². The lowest BCUT2D eigenvalue weighted by Crippen LogP contribution is -2.68. The summed E-state index contributed by atoms with van der Waals surface area (Å²) in [5.74, 6) is -5.90. The maximum absolute atomic E-state index is 13.3. The molecule has 3 aromatic rings. The lowest BCUT2D eigenvalue weighted by molar-refractivity contribution is -0.187. The highest BCUT2D eigenvalue weighted by Gasteiger charge is 2.52. The largest absolute Gasteiger partial charge is 0.458 e. The fourth-order valence-corrected chi connectivity index (χ4v) is 10.1. The molecule has 0 aliphatic rings. The molecule has 0 aliphatic carbocycles. The van der Waals surface area contributed by atoms with Crippen LogP contribution in [-0.2, 0) is 68.2 Å². The Labute approximate surface area is 322 Å². The lowest BCUT2D eigenvalue weighted by atomic mass is 10.2. The molecule has 0 saturated heterocycles. The minimum atomic E-state index is -3.12. The van der Waals surface area contributed by atoms with E-state index in [-0.39, 0.29) is 6.61 Å². The second kappa shape index (κ2) is 19.8. The van der Waals surface area contributed by atoms with Gasteiger partial charge in [0.1, 0.15) is 12.7 Å². The van der Waals surface area contributed by atoms with Crippen molar-refractivity contribution in [2.45, 2.75) is 111 Å². The molecule has 14 heteroatoms. The highest BCUT2D eigenvalue weighted by Crippen LogP contribution is 2.37. The Morgan fingerprint density at radius 1 is 0.455 bits per heavy atom. The van der Waals surface area contributed by atoms with Crippen LogP contribution in [0.2, 0.25) is 5.04 Å². The average Bonchev–Trinajstić information content (AvgIpc) is 3.16. The molecule has 6 atom stereocenters. The summed E-state index contributed by atoms with van der Waals surface area (Å²) in [4.78, 5) is 76.2. The third-order valence-corrected chi connectivity index (χ3v) is 13.6. The van der Waals surface area contributed by atoms with Crippen LogP contribution in [0, 0.1) is 0 Å². The predicted molar refractivity (Wildman–Crippen MR) is 202 cm³/mol. The van der Waals surface area contributed by atoms with Gasteiger partial charge in [-0.15, -0.1) is 0 Å². The number of carbonyl (C=O) groups excluding carboxylic acids is 6. The van der Waals surface area contributed by atoms with Gasteiger partial charge in [-0.25, -0.2) is 28.8 Å². The SMILES string of the molecule is C[C@H](O[Si](c1ccccc1)(c1ccccc1)C(C)(C)C)C(=O)O[C@H](C)C(=O)O[C@H](C)C(=O)O[C@H](C)C(=O)O[C@H](C)C(=O)O[C@H](C)C(=O)OCc1ccccc1. The topological polar surface area (TPSA) is 167 Å². The number of hydrogen-bond donors (Lipinski definition) is 0. The van der Waals surface area contributed by atoms with Gasteiger partial charge in [-0.05, 0) is 62.5 Å². The summed E-state index contributed by atoms with van der Waals surface area (Å²) in [5, 5.41) is 1.48. The van der Waals surface area contributed by atoms with Crippen molar-refractivity contribution in [2.75, 3.05) is 0 Å². The second-order valence-electron chi connectivity index (χ2n) is 13.9. The van der Waals surface area contributed by atoms with Crippen LogP contribution in [0.3, 0.4) is 0 Å². The first kappa shape index (κ1) is 44.1. The van der Waals surface area contributed by atoms with E-state index in [9.17, 15) is 28.8 Å². The number of benzene rings is 3. The van der Waals surface area contributed by atoms with Crippen molar-refractivity contribution in [3.8, 4) is 0 Å². The molecule has 0 saturated carbocycles. The molecule has 0 aliphatic heterocycles. The fourth-order valence-electron chi connectivity index (χ4n) is 5.44. The van der Waals surface area contributed by atoms with Gasteiger partial charge in [0.2, 0.25) is 0 Å². The van der Waals surface area contributed by atoms with E-state index in [1.165, 1.54) is 34.6 Å². The fraction of sp³-hybridized carbons (Fsp3) is 0.415. The highest BCUT2D eigenvalue weighted by atomic mass is 28.4. The standard InChI is InChI=1S/C41H50O13Si/c1-26(35(42)48-25-32-19-13-10-14-20-32)49-36(43)27(2)50-37(44)28(3)51-38(45)29(4)52-39(46)30(5)53-40(47)31(6)54-55(41(7,8)9,33-21-15-11-16-22-33)34-23-17-12-18-24-34/h10-24,26-31H,25H2,1-9H3/t26-,27-,28-,29-,30-,31+/m1/s1. The molecule has 0 amide bonds. The molecule has 0 spiro atoms. The van der Waals surface area contributed by atoms with Gasteiger partial charge >= 0.3 is 35.8 Å². The summed E-state index contributed by atoms with van der Waals surface area (Å²) < 4.78 is 37.7. The van der Waals surface area contributed by atoms with E-state index >= 15 is 0 Å². The molecular formula is C41H50O13Si. The molecular weight excluding hydrogens is 729 g/mol. The molecule has 55 heavy (non-hydrogen) atoms. The van der Waals surface area contributed by atoms with Crippen molar-refractivity contribution < 1.29 is 61.6 Å². The minimum absolute atomic E-state index is 0.0230. The first-order valence-electron chi connectivity index (χ1n) is 17.9. The molecule has 3 rings (SSSR count). The van der Waals surface area contributed by atoms with Crippen molar-refractivity contribution in [1.82, 2.24) is 0 Å². The maximum Gasteiger partial charge on any atom is 0.347 e. The van der Waals surface area contributed by atoms with Crippen LogP contribution in [0.1, 0.15) is 67.9 Å². The van der Waals surface area contributed by atoms with Crippen LogP contribution >= 0.6 is 0 Å². The van der Waals surface area contributed by atoms with Gasteiger partial charge < -0.3 is 32.8 Å². The molecule has 0 unspecified atom stereocenters. The Morgan fingerprint density at radius 2 is 0.745 bits per heavy atom. The summed E-state index contributed by atoms with van der Waals surface area (Å²) >= 11 is 0. The summed E-state index contributed by atoms with van der Waals surface area (Å²) in [6, 6.07) is 28.3. The van der Waals surface area contributed by atoms with Gasteiger partial charge in [-0.2, -0.15) is 0 Å². The number of carbonyl (C=O) groups is 6. The lowest BCUT2D eigenvalue weighted by Gasteiger charge is -2.44. The van der Waals surface area contributed by atoms with Crippen LogP contribution in [0.15, 0.2) is 91.0 Å². The van der Waals surface area contributed by atoms with Crippen molar-refractivity contribution in [2.24, 2.45) is 0 Å². The molecule has 13 nitrogen and oxygen atoms in total. The zero-order chi connectivity index (χ0) is 40.9. The van der Waals surface area contributed by atoms with Gasteiger partial charge in [0, 0.05) is 0 Å². The minimum Gasteiger partial charge on any atom is -0.458 e. The number of rotatable bonds is 17. The summed E-state index contributed by atoms with van der Waals surface area (Å²) in [6.07, 6.45) is -8.31. The van der Waals surface area contributed by atoms with E-state index in [1.54, 1.807) is 31.2 Å². The first-order chi connectivity index (χ1) is 25.9. The van der Waals surface area contributed by atoms with Crippen molar-refractivity contribution >= 4 is 54.5 Å². The number of esters is 6. The van der Waals surface area contributed by atoms with Crippen LogP contribution in [0.5, 0.6) is 0 Å². The number of hydrogen-bond acceptors (Lipinski definition) is 13. The molecule has 296 valence electrons. The number of ether oxygens (including phenoxy) is 6. The van der Waals surface area contributed by atoms with Crippen molar-refractivity contribution in [3.05, 3.63) is 96.6 Å². The third kappa shape index (κ3) is 12.1. The molecule has 0 fully saturated rings. The van der Waals surface area contributed by atoms with E-state index in [0.717, 1.165) is 15.9 Å². The molecule has 0 heterocycles. The molecule has 0 N–H and O–H groups in total. The Balaban J connectivity index is 1.51. The first-order valence-corrected chi connectivity index (χ1v) is 19.8. The molecule has 0 bridgehead atoms. The van der Waals surface area contributed by atoms with Gasteiger partial charge in [0.15, 0.2) is 30.5 Å². The van der Waals surface area contributed by atoms with Gasteiger partial charge in [0.05, 0.1) is 0 Å². The molecule has 0 aromatic heterocycles. The molecule has 0 radical (unpaired) electrons.